The minimum Gasteiger partial charge on any atom is -0.313 e. The van der Waals surface area contributed by atoms with E-state index in [9.17, 15) is 44.3 Å². The second kappa shape index (κ2) is 8.31. The molecule has 1 atom stereocenters. The van der Waals surface area contributed by atoms with Crippen LogP contribution in [0.3, 0.4) is 0 Å². The largest absolute Gasteiger partial charge is 0.471 e. The van der Waals surface area contributed by atoms with Gasteiger partial charge in [0.1, 0.15) is 5.82 Å². The average Bonchev–Trinajstić information content (AvgIpc) is 2.78. The van der Waals surface area contributed by atoms with Crippen LogP contribution in [-0.4, -0.2) is 61.2 Å². The predicted octanol–water partition coefficient (Wildman–Crippen LogP) is 3.31. The van der Waals surface area contributed by atoms with E-state index >= 15 is 0 Å². The monoisotopic (exact) mass is 537 g/mol. The van der Waals surface area contributed by atoms with Gasteiger partial charge in [0.2, 0.25) is 15.0 Å². The van der Waals surface area contributed by atoms with Crippen LogP contribution in [0.1, 0.15) is 29.2 Å². The SMILES string of the molecule is CN1C(=O)N(C2CCN(C(=O)C(F)(F)F)c3c2cccc3C(F)(F)F)Cc2cnc(S(C)(=O)=O)nc21. The van der Waals surface area contributed by atoms with E-state index in [2.05, 4.69) is 9.97 Å². The predicted molar refractivity (Wildman–Crippen MR) is 112 cm³/mol. The minimum absolute atomic E-state index is 0.0272. The van der Waals surface area contributed by atoms with Gasteiger partial charge in [-0.2, -0.15) is 26.3 Å². The average molecular weight is 537 g/mol. The van der Waals surface area contributed by atoms with Crippen LogP contribution < -0.4 is 9.80 Å². The summed E-state index contributed by atoms with van der Waals surface area (Å²) in [4.78, 5) is 35.0. The number of hydrogen-bond donors (Lipinski definition) is 0. The lowest BCUT2D eigenvalue weighted by atomic mass is 9.91. The molecule has 1 unspecified atom stereocenters. The third-order valence-electron chi connectivity index (χ3n) is 5.83. The molecular weight excluding hydrogens is 520 g/mol. The van der Waals surface area contributed by atoms with Crippen LogP contribution in [0.2, 0.25) is 0 Å². The second-order valence-electron chi connectivity index (χ2n) is 8.24. The highest BCUT2D eigenvalue weighted by molar-refractivity contribution is 7.90. The fourth-order valence-corrected chi connectivity index (χ4v) is 4.80. The van der Waals surface area contributed by atoms with Crippen molar-refractivity contribution in [1.29, 1.82) is 0 Å². The Morgan fingerprint density at radius 2 is 1.81 bits per heavy atom. The fourth-order valence-electron chi connectivity index (χ4n) is 4.30. The summed E-state index contributed by atoms with van der Waals surface area (Å²) in [5.41, 5.74) is -2.42. The van der Waals surface area contributed by atoms with Crippen molar-refractivity contribution in [2.45, 2.75) is 36.5 Å². The molecule has 2 aliphatic rings. The van der Waals surface area contributed by atoms with Gasteiger partial charge in [-0.05, 0) is 18.1 Å². The van der Waals surface area contributed by atoms with Gasteiger partial charge in [-0.1, -0.05) is 12.1 Å². The Balaban J connectivity index is 1.82. The number of urea groups is 1. The molecule has 4 rings (SSSR count). The van der Waals surface area contributed by atoms with Crippen molar-refractivity contribution in [3.05, 3.63) is 41.1 Å². The number of hydrogen-bond acceptors (Lipinski definition) is 6. The molecule has 1 aromatic heterocycles. The number of alkyl halides is 6. The molecule has 0 saturated carbocycles. The highest BCUT2D eigenvalue weighted by Gasteiger charge is 2.49. The van der Waals surface area contributed by atoms with Gasteiger partial charge >= 0.3 is 24.3 Å². The van der Waals surface area contributed by atoms with Crippen LogP contribution >= 0.6 is 0 Å². The van der Waals surface area contributed by atoms with Crippen molar-refractivity contribution in [3.8, 4) is 0 Å². The normalized spacial score (nSPS) is 18.7. The van der Waals surface area contributed by atoms with E-state index in [-0.39, 0.29) is 34.8 Å². The lowest BCUT2D eigenvalue weighted by Gasteiger charge is -2.44. The standard InChI is InChI=1S/C20H17F6N5O4S/c1-29-15-10(8-27-17(28-15)36(2,34)35)9-31(18(29)33)13-6-7-30(16(32)20(24,25)26)14-11(13)4-3-5-12(14)19(21,22)23/h3-5,8,13H,6-7,9H2,1-2H3. The van der Waals surface area contributed by atoms with E-state index < -0.39 is 63.1 Å². The lowest BCUT2D eigenvalue weighted by Crippen LogP contribution is -2.51. The molecule has 0 N–H and O–H groups in total. The number of aromatic nitrogens is 2. The second-order valence-corrected chi connectivity index (χ2v) is 10.2. The minimum atomic E-state index is -5.42. The van der Waals surface area contributed by atoms with Crippen molar-refractivity contribution >= 4 is 33.3 Å². The molecule has 1 aromatic carbocycles. The van der Waals surface area contributed by atoms with Crippen LogP contribution in [0.5, 0.6) is 0 Å². The molecule has 0 radical (unpaired) electrons. The number of amides is 3. The highest BCUT2D eigenvalue weighted by Crippen LogP contribution is 2.47. The van der Waals surface area contributed by atoms with Crippen LogP contribution in [0.15, 0.2) is 29.6 Å². The Bertz CT molecular complexity index is 1360. The molecule has 3 heterocycles. The Hall–Kier alpha value is -3.43. The van der Waals surface area contributed by atoms with E-state index in [1.165, 1.54) is 7.05 Å². The van der Waals surface area contributed by atoms with Crippen LogP contribution in [0.4, 0.5) is 42.6 Å². The van der Waals surface area contributed by atoms with E-state index in [0.29, 0.717) is 6.07 Å². The number of para-hydroxylation sites is 1. The van der Waals surface area contributed by atoms with E-state index in [1.807, 2.05) is 0 Å². The summed E-state index contributed by atoms with van der Waals surface area (Å²) in [5, 5.41) is -0.534. The smallest absolute Gasteiger partial charge is 0.313 e. The molecule has 9 nitrogen and oxygen atoms in total. The molecule has 194 valence electrons. The van der Waals surface area contributed by atoms with Crippen molar-refractivity contribution in [2.75, 3.05) is 29.6 Å². The van der Waals surface area contributed by atoms with E-state index in [0.717, 1.165) is 34.4 Å². The molecule has 0 spiro atoms. The van der Waals surface area contributed by atoms with Crippen molar-refractivity contribution in [3.63, 3.8) is 0 Å². The Morgan fingerprint density at radius 3 is 2.39 bits per heavy atom. The lowest BCUT2D eigenvalue weighted by molar-refractivity contribution is -0.170. The van der Waals surface area contributed by atoms with Gasteiger partial charge in [-0.25, -0.2) is 23.2 Å². The zero-order chi connectivity index (χ0) is 26.8. The molecule has 2 aromatic rings. The van der Waals surface area contributed by atoms with Crippen molar-refractivity contribution in [1.82, 2.24) is 14.9 Å². The molecule has 36 heavy (non-hydrogen) atoms. The molecule has 16 heteroatoms. The van der Waals surface area contributed by atoms with Gasteiger partial charge in [0, 0.05) is 31.6 Å². The van der Waals surface area contributed by atoms with E-state index in [1.54, 1.807) is 0 Å². The summed E-state index contributed by atoms with van der Waals surface area (Å²) < 4.78 is 104. The zero-order valence-corrected chi connectivity index (χ0v) is 19.4. The topological polar surface area (TPSA) is 104 Å². The quantitative estimate of drug-likeness (QED) is 0.430. The number of benzene rings is 1. The first-order valence-corrected chi connectivity index (χ1v) is 12.1. The molecule has 3 amide bonds. The van der Waals surface area contributed by atoms with Crippen LogP contribution in [-0.2, 0) is 27.4 Å². The Kier molecular flexibility index (Phi) is 5.93. The van der Waals surface area contributed by atoms with Gasteiger partial charge in [0.15, 0.2) is 0 Å². The number of anilines is 2. The zero-order valence-electron chi connectivity index (χ0n) is 18.6. The first-order chi connectivity index (χ1) is 16.5. The maximum Gasteiger partial charge on any atom is 0.471 e. The van der Waals surface area contributed by atoms with E-state index in [4.69, 9.17) is 0 Å². The van der Waals surface area contributed by atoms with Gasteiger partial charge in [-0.15, -0.1) is 0 Å². The Labute approximate surface area is 200 Å². The first-order valence-electron chi connectivity index (χ1n) is 10.2. The summed E-state index contributed by atoms with van der Waals surface area (Å²) in [7, 11) is -2.54. The number of halogens is 6. The summed E-state index contributed by atoms with van der Waals surface area (Å²) in [5.74, 6) is -2.48. The third kappa shape index (κ3) is 4.33. The number of fused-ring (bicyclic) bond motifs is 2. The Morgan fingerprint density at radius 1 is 1.14 bits per heavy atom. The van der Waals surface area contributed by atoms with Gasteiger partial charge in [0.05, 0.1) is 23.8 Å². The summed E-state index contributed by atoms with van der Waals surface area (Å²) in [6.45, 7) is -0.983. The molecule has 0 saturated heterocycles. The number of nitrogens with zero attached hydrogens (tertiary/aromatic N) is 5. The maximum atomic E-state index is 13.8. The fraction of sp³-hybridized carbons (Fsp3) is 0.400. The molecular formula is C20H17F6N5O4S. The number of rotatable bonds is 2. The molecule has 0 bridgehead atoms. The molecule has 0 fully saturated rings. The summed E-state index contributed by atoms with van der Waals surface area (Å²) >= 11 is 0. The first kappa shape index (κ1) is 25.7. The summed E-state index contributed by atoms with van der Waals surface area (Å²) in [6.07, 6.45) is -8.76. The van der Waals surface area contributed by atoms with Gasteiger partial charge in [-0.3, -0.25) is 9.69 Å². The summed E-state index contributed by atoms with van der Waals surface area (Å²) in [6, 6.07) is 0.792. The number of sulfone groups is 1. The molecule has 2 aliphatic heterocycles. The third-order valence-corrected chi connectivity index (χ3v) is 6.69. The van der Waals surface area contributed by atoms with Crippen LogP contribution in [0, 0.1) is 0 Å². The van der Waals surface area contributed by atoms with Gasteiger partial charge in [0.25, 0.3) is 0 Å². The highest BCUT2D eigenvalue weighted by atomic mass is 32.2. The van der Waals surface area contributed by atoms with Crippen molar-refractivity contribution < 1.29 is 44.3 Å². The number of carbonyl (C=O) groups excluding carboxylic acids is 2. The maximum absolute atomic E-state index is 13.8. The molecule has 0 aliphatic carbocycles. The van der Waals surface area contributed by atoms with Crippen molar-refractivity contribution in [2.24, 2.45) is 0 Å². The van der Waals surface area contributed by atoms with Crippen LogP contribution in [0.25, 0.3) is 0 Å². The van der Waals surface area contributed by atoms with Gasteiger partial charge < -0.3 is 9.80 Å². The number of carbonyl (C=O) groups is 2.